The van der Waals surface area contributed by atoms with Crippen molar-refractivity contribution in [1.82, 2.24) is 25.1 Å². The van der Waals surface area contributed by atoms with Crippen LogP contribution in [0.3, 0.4) is 0 Å². The van der Waals surface area contributed by atoms with Gasteiger partial charge in [-0.15, -0.1) is 0 Å². The van der Waals surface area contributed by atoms with E-state index in [9.17, 15) is 14.4 Å². The minimum Gasteiger partial charge on any atom is -0.476 e. The van der Waals surface area contributed by atoms with Gasteiger partial charge in [-0.3, -0.25) is 0 Å². The molecule has 0 saturated heterocycles. The van der Waals surface area contributed by atoms with E-state index in [2.05, 4.69) is 31.0 Å². The van der Waals surface area contributed by atoms with Crippen molar-refractivity contribution in [1.29, 1.82) is 5.26 Å². The standard InChI is InChI=1S/C23H27FN8O3/c1-4-7-18(14(3)28-23(33)34)30-21-17(24)10-15(12-25)20(31-21)29-16-11-19(32-9-6-8-27-32)22(26-13-16)35-5-2/h6,8-11,13-14,18,28H,4-5,7H2,1-3H3,(H,33,34)(H2,29,30,31)/t14-,18-/m0/s1. The number of hydrogen-bond donors (Lipinski definition) is 4. The van der Waals surface area contributed by atoms with E-state index in [4.69, 9.17) is 9.84 Å². The Morgan fingerprint density at radius 2 is 2.14 bits per heavy atom. The Kier molecular flexibility index (Phi) is 8.39. The third-order valence-corrected chi connectivity index (χ3v) is 5.10. The highest BCUT2D eigenvalue weighted by atomic mass is 19.1. The number of nitrogens with zero attached hydrogens (tertiary/aromatic N) is 5. The number of amides is 1. The van der Waals surface area contributed by atoms with Crippen LogP contribution in [-0.2, 0) is 0 Å². The van der Waals surface area contributed by atoms with E-state index in [1.165, 1.54) is 6.20 Å². The fourth-order valence-electron chi connectivity index (χ4n) is 3.47. The van der Waals surface area contributed by atoms with Crippen molar-refractivity contribution in [2.24, 2.45) is 0 Å². The van der Waals surface area contributed by atoms with Gasteiger partial charge in [0.2, 0.25) is 5.88 Å². The smallest absolute Gasteiger partial charge is 0.404 e. The summed E-state index contributed by atoms with van der Waals surface area (Å²) in [6.45, 7) is 5.88. The van der Waals surface area contributed by atoms with Gasteiger partial charge < -0.3 is 25.8 Å². The van der Waals surface area contributed by atoms with Crippen molar-refractivity contribution in [3.05, 3.63) is 48.2 Å². The summed E-state index contributed by atoms with van der Waals surface area (Å²) in [6, 6.07) is 5.57. The van der Waals surface area contributed by atoms with Crippen molar-refractivity contribution < 1.29 is 19.0 Å². The molecule has 0 unspecified atom stereocenters. The second-order valence-electron chi connectivity index (χ2n) is 7.66. The van der Waals surface area contributed by atoms with Gasteiger partial charge in [-0.25, -0.2) is 23.8 Å². The van der Waals surface area contributed by atoms with Crippen molar-refractivity contribution >= 4 is 23.4 Å². The fraction of sp³-hybridized carbons (Fsp3) is 0.348. The minimum absolute atomic E-state index is 0.00803. The lowest BCUT2D eigenvalue weighted by Crippen LogP contribution is -2.44. The van der Waals surface area contributed by atoms with Crippen molar-refractivity contribution in [2.45, 2.75) is 45.7 Å². The minimum atomic E-state index is -1.17. The number of nitrogens with one attached hydrogen (secondary N) is 3. The molecule has 0 aliphatic carbocycles. The van der Waals surface area contributed by atoms with Gasteiger partial charge in [-0.05, 0) is 38.5 Å². The van der Waals surface area contributed by atoms with E-state index < -0.39 is 24.0 Å². The molecule has 0 bridgehead atoms. The first-order valence-electron chi connectivity index (χ1n) is 11.1. The molecule has 3 rings (SSSR count). The number of carbonyl (C=O) groups is 1. The number of pyridine rings is 2. The monoisotopic (exact) mass is 482 g/mol. The number of ether oxygens (including phenoxy) is 1. The Morgan fingerprint density at radius 1 is 1.34 bits per heavy atom. The molecule has 12 heteroatoms. The van der Waals surface area contributed by atoms with Gasteiger partial charge in [-0.1, -0.05) is 13.3 Å². The molecule has 2 atom stereocenters. The first kappa shape index (κ1) is 25.2. The van der Waals surface area contributed by atoms with Gasteiger partial charge in [0.1, 0.15) is 11.8 Å². The molecular weight excluding hydrogens is 455 g/mol. The average molecular weight is 483 g/mol. The quantitative estimate of drug-likeness (QED) is 0.317. The molecule has 3 heterocycles. The first-order valence-corrected chi connectivity index (χ1v) is 11.1. The largest absolute Gasteiger partial charge is 0.476 e. The molecule has 0 fully saturated rings. The molecule has 0 aliphatic heterocycles. The van der Waals surface area contributed by atoms with Crippen LogP contribution in [0.1, 0.15) is 39.2 Å². The van der Waals surface area contributed by atoms with Crippen molar-refractivity contribution in [2.75, 3.05) is 17.2 Å². The maximum atomic E-state index is 14.8. The van der Waals surface area contributed by atoms with E-state index >= 15 is 0 Å². The SMILES string of the molecule is CCC[C@H](Nc1nc(Nc2cnc(OCC)c(-n3cccn3)c2)c(C#N)cc1F)[C@H](C)NC(=O)O. The van der Waals surface area contributed by atoms with Gasteiger partial charge in [0.05, 0.1) is 24.1 Å². The van der Waals surface area contributed by atoms with Crippen LogP contribution in [-0.4, -0.2) is 49.6 Å². The Hall–Kier alpha value is -4.40. The summed E-state index contributed by atoms with van der Waals surface area (Å²) in [4.78, 5) is 19.7. The Balaban J connectivity index is 1.94. The van der Waals surface area contributed by atoms with Crippen LogP contribution in [0.25, 0.3) is 5.69 Å². The lowest BCUT2D eigenvalue weighted by molar-refractivity contribution is 0.189. The van der Waals surface area contributed by atoms with Crippen LogP contribution in [0.4, 0.5) is 26.5 Å². The summed E-state index contributed by atoms with van der Waals surface area (Å²) in [5.74, 6) is -0.338. The van der Waals surface area contributed by atoms with E-state index in [1.54, 1.807) is 36.1 Å². The van der Waals surface area contributed by atoms with E-state index in [0.29, 0.717) is 30.3 Å². The molecule has 0 aromatic carbocycles. The third kappa shape index (κ3) is 6.35. The normalized spacial score (nSPS) is 12.3. The molecular formula is C23H27FN8O3. The number of carboxylic acid groups (broad SMARTS) is 1. The highest BCUT2D eigenvalue weighted by Gasteiger charge is 2.22. The maximum Gasteiger partial charge on any atom is 0.404 e. The molecule has 4 N–H and O–H groups in total. The van der Waals surface area contributed by atoms with Crippen LogP contribution >= 0.6 is 0 Å². The lowest BCUT2D eigenvalue weighted by atomic mass is 10.0. The summed E-state index contributed by atoms with van der Waals surface area (Å²) in [5, 5.41) is 31.2. The summed E-state index contributed by atoms with van der Waals surface area (Å²) >= 11 is 0. The van der Waals surface area contributed by atoms with Crippen LogP contribution in [0, 0.1) is 17.1 Å². The number of aromatic nitrogens is 4. The topological polar surface area (TPSA) is 150 Å². The lowest BCUT2D eigenvalue weighted by Gasteiger charge is -2.25. The molecule has 0 aliphatic rings. The highest BCUT2D eigenvalue weighted by Crippen LogP contribution is 2.28. The molecule has 3 aromatic heterocycles. The number of hydrogen-bond acceptors (Lipinski definition) is 8. The number of rotatable bonds is 11. The predicted octanol–water partition coefficient (Wildman–Crippen LogP) is 4.05. The number of halogens is 1. The van der Waals surface area contributed by atoms with Crippen molar-refractivity contribution in [3.63, 3.8) is 0 Å². The summed E-state index contributed by atoms with van der Waals surface area (Å²) in [6.07, 6.45) is 5.00. The van der Waals surface area contributed by atoms with Gasteiger partial charge in [0.15, 0.2) is 17.5 Å². The van der Waals surface area contributed by atoms with Gasteiger partial charge in [0, 0.05) is 24.5 Å². The molecule has 1 amide bonds. The molecule has 0 spiro atoms. The van der Waals surface area contributed by atoms with E-state index in [0.717, 1.165) is 12.5 Å². The van der Waals surface area contributed by atoms with Crippen LogP contribution in [0.15, 0.2) is 36.8 Å². The van der Waals surface area contributed by atoms with Gasteiger partial charge >= 0.3 is 6.09 Å². The zero-order valence-electron chi connectivity index (χ0n) is 19.6. The van der Waals surface area contributed by atoms with Crippen LogP contribution < -0.4 is 20.7 Å². The summed E-state index contributed by atoms with van der Waals surface area (Å²) < 4.78 is 22.0. The molecule has 0 radical (unpaired) electrons. The number of anilines is 3. The highest BCUT2D eigenvalue weighted by molar-refractivity contribution is 5.67. The second-order valence-corrected chi connectivity index (χ2v) is 7.66. The van der Waals surface area contributed by atoms with Gasteiger partial charge in [0.25, 0.3) is 0 Å². The zero-order chi connectivity index (χ0) is 25.4. The molecule has 184 valence electrons. The second kappa shape index (κ2) is 11.6. The third-order valence-electron chi connectivity index (χ3n) is 5.10. The number of nitriles is 1. The molecule has 3 aromatic rings. The molecule has 35 heavy (non-hydrogen) atoms. The summed E-state index contributed by atoms with van der Waals surface area (Å²) in [5.41, 5.74) is 1.04. The Bertz CT molecular complexity index is 1200. The van der Waals surface area contributed by atoms with Gasteiger partial charge in [-0.2, -0.15) is 10.4 Å². The van der Waals surface area contributed by atoms with Crippen LogP contribution in [0.5, 0.6) is 5.88 Å². The zero-order valence-corrected chi connectivity index (χ0v) is 19.6. The predicted molar refractivity (Wildman–Crippen MR) is 128 cm³/mol. The molecule has 0 saturated carbocycles. The summed E-state index contributed by atoms with van der Waals surface area (Å²) in [7, 11) is 0. The Labute approximate surface area is 202 Å². The molecule has 11 nitrogen and oxygen atoms in total. The van der Waals surface area contributed by atoms with E-state index in [1.807, 2.05) is 19.9 Å². The first-order chi connectivity index (χ1) is 16.9. The van der Waals surface area contributed by atoms with Crippen LogP contribution in [0.2, 0.25) is 0 Å². The Morgan fingerprint density at radius 3 is 2.77 bits per heavy atom. The van der Waals surface area contributed by atoms with Crippen molar-refractivity contribution in [3.8, 4) is 17.6 Å². The van der Waals surface area contributed by atoms with E-state index in [-0.39, 0.29) is 17.2 Å². The maximum absolute atomic E-state index is 14.8. The fourth-order valence-corrected chi connectivity index (χ4v) is 3.47. The average Bonchev–Trinajstić information content (AvgIpc) is 3.36.